The van der Waals surface area contributed by atoms with E-state index in [4.69, 9.17) is 0 Å². The maximum Gasteiger partial charge on any atom is 0.321 e. The summed E-state index contributed by atoms with van der Waals surface area (Å²) in [4.78, 5) is 21.1. The van der Waals surface area contributed by atoms with E-state index in [9.17, 15) is 9.18 Å². The standard InChI is InChI=1S/C20H19FN4OS/c21-16-8-6-15(7-9-16)18-14-27-20(23-18)25-12-10-24(11-13-25)19(26)22-17-4-2-1-3-5-17/h1-9,14H,10-13H2,(H,22,26). The van der Waals surface area contributed by atoms with Gasteiger partial charge in [0.2, 0.25) is 0 Å². The first-order valence-corrected chi connectivity index (χ1v) is 9.64. The third-order valence-corrected chi connectivity index (χ3v) is 5.40. The van der Waals surface area contributed by atoms with Crippen LogP contribution in [-0.4, -0.2) is 42.1 Å². The summed E-state index contributed by atoms with van der Waals surface area (Å²) in [5.74, 6) is -0.251. The largest absolute Gasteiger partial charge is 0.345 e. The van der Waals surface area contributed by atoms with Gasteiger partial charge in [-0.05, 0) is 36.4 Å². The van der Waals surface area contributed by atoms with Crippen LogP contribution in [0.4, 0.5) is 20.0 Å². The Kier molecular flexibility index (Phi) is 5.02. The number of carbonyl (C=O) groups excluding carboxylic acids is 1. The van der Waals surface area contributed by atoms with Crippen molar-refractivity contribution in [2.45, 2.75) is 0 Å². The second-order valence-electron chi connectivity index (χ2n) is 6.29. The van der Waals surface area contributed by atoms with Gasteiger partial charge in [-0.2, -0.15) is 0 Å². The molecule has 5 nitrogen and oxygen atoms in total. The second kappa shape index (κ2) is 7.75. The third kappa shape index (κ3) is 4.09. The average molecular weight is 382 g/mol. The van der Waals surface area contributed by atoms with Crippen LogP contribution in [0.15, 0.2) is 60.0 Å². The number of nitrogens with zero attached hydrogens (tertiary/aromatic N) is 3. The topological polar surface area (TPSA) is 48.5 Å². The number of piperazine rings is 1. The fraction of sp³-hybridized carbons (Fsp3) is 0.200. The number of carbonyl (C=O) groups is 1. The first kappa shape index (κ1) is 17.5. The summed E-state index contributed by atoms with van der Waals surface area (Å²) in [6.45, 7) is 2.76. The van der Waals surface area contributed by atoms with Crippen LogP contribution < -0.4 is 10.2 Å². The van der Waals surface area contributed by atoms with Crippen molar-refractivity contribution in [3.8, 4) is 11.3 Å². The molecular formula is C20H19FN4OS. The smallest absolute Gasteiger partial charge is 0.321 e. The number of benzene rings is 2. The van der Waals surface area contributed by atoms with Crippen molar-refractivity contribution in [3.05, 3.63) is 65.8 Å². The van der Waals surface area contributed by atoms with Crippen LogP contribution in [0.3, 0.4) is 0 Å². The van der Waals surface area contributed by atoms with Gasteiger partial charge < -0.3 is 15.1 Å². The van der Waals surface area contributed by atoms with E-state index >= 15 is 0 Å². The Morgan fingerprint density at radius 1 is 1.00 bits per heavy atom. The lowest BCUT2D eigenvalue weighted by Gasteiger charge is -2.34. The summed E-state index contributed by atoms with van der Waals surface area (Å²) in [6.07, 6.45) is 0. The third-order valence-electron chi connectivity index (χ3n) is 4.49. The Hall–Kier alpha value is -2.93. The van der Waals surface area contributed by atoms with Gasteiger partial charge >= 0.3 is 6.03 Å². The molecular weight excluding hydrogens is 363 g/mol. The molecule has 1 aliphatic heterocycles. The summed E-state index contributed by atoms with van der Waals surface area (Å²) >= 11 is 1.57. The molecule has 138 valence electrons. The molecule has 0 radical (unpaired) electrons. The van der Waals surface area contributed by atoms with Crippen molar-refractivity contribution >= 4 is 28.2 Å². The first-order chi connectivity index (χ1) is 13.2. The monoisotopic (exact) mass is 382 g/mol. The number of amides is 2. The van der Waals surface area contributed by atoms with E-state index in [2.05, 4.69) is 15.2 Å². The van der Waals surface area contributed by atoms with Gasteiger partial charge in [0.15, 0.2) is 5.13 Å². The maximum atomic E-state index is 13.1. The van der Waals surface area contributed by atoms with Crippen LogP contribution in [0.1, 0.15) is 0 Å². The quantitative estimate of drug-likeness (QED) is 0.735. The van der Waals surface area contributed by atoms with Crippen molar-refractivity contribution in [2.75, 3.05) is 36.4 Å². The molecule has 0 aliphatic carbocycles. The Bertz CT molecular complexity index is 905. The normalized spacial score (nSPS) is 14.3. The Morgan fingerprint density at radius 2 is 1.70 bits per heavy atom. The minimum atomic E-state index is -0.251. The summed E-state index contributed by atoms with van der Waals surface area (Å²) in [7, 11) is 0. The lowest BCUT2D eigenvalue weighted by atomic mass is 10.2. The number of hydrogen-bond acceptors (Lipinski definition) is 4. The van der Waals surface area contributed by atoms with Crippen molar-refractivity contribution in [1.29, 1.82) is 0 Å². The zero-order valence-corrected chi connectivity index (χ0v) is 15.5. The molecule has 3 aromatic rings. The molecule has 0 bridgehead atoms. The lowest BCUT2D eigenvalue weighted by Crippen LogP contribution is -2.50. The molecule has 2 amide bonds. The van der Waals surface area contributed by atoms with Gasteiger partial charge in [0.1, 0.15) is 5.82 Å². The lowest BCUT2D eigenvalue weighted by molar-refractivity contribution is 0.208. The zero-order chi connectivity index (χ0) is 18.6. The van der Waals surface area contributed by atoms with Gasteiger partial charge in [-0.1, -0.05) is 18.2 Å². The Balaban J connectivity index is 1.35. The van der Waals surface area contributed by atoms with Gasteiger partial charge in [-0.15, -0.1) is 11.3 Å². The molecule has 2 aromatic carbocycles. The van der Waals surface area contributed by atoms with Crippen LogP contribution in [0.5, 0.6) is 0 Å². The summed E-state index contributed by atoms with van der Waals surface area (Å²) in [6, 6.07) is 15.7. The number of halogens is 1. The van der Waals surface area contributed by atoms with Crippen LogP contribution in [0.25, 0.3) is 11.3 Å². The predicted molar refractivity (Wildman–Crippen MR) is 107 cm³/mol. The second-order valence-corrected chi connectivity index (χ2v) is 7.13. The molecule has 1 N–H and O–H groups in total. The molecule has 0 atom stereocenters. The highest BCUT2D eigenvalue weighted by Gasteiger charge is 2.23. The van der Waals surface area contributed by atoms with Crippen molar-refractivity contribution in [1.82, 2.24) is 9.88 Å². The molecule has 0 unspecified atom stereocenters. The summed E-state index contributed by atoms with van der Waals surface area (Å²) in [5.41, 5.74) is 2.55. The van der Waals surface area contributed by atoms with Crippen molar-refractivity contribution in [2.24, 2.45) is 0 Å². The van der Waals surface area contributed by atoms with E-state index in [0.29, 0.717) is 13.1 Å². The number of urea groups is 1. The molecule has 0 saturated carbocycles. The van der Waals surface area contributed by atoms with Crippen LogP contribution >= 0.6 is 11.3 Å². The predicted octanol–water partition coefficient (Wildman–Crippen LogP) is 4.30. The number of hydrogen-bond donors (Lipinski definition) is 1. The number of nitrogens with one attached hydrogen (secondary N) is 1. The molecule has 7 heteroatoms. The van der Waals surface area contributed by atoms with Crippen LogP contribution in [0, 0.1) is 5.82 Å². The van der Waals surface area contributed by atoms with E-state index in [1.54, 1.807) is 23.5 Å². The van der Waals surface area contributed by atoms with Crippen molar-refractivity contribution < 1.29 is 9.18 Å². The first-order valence-electron chi connectivity index (χ1n) is 8.76. The number of thiazole rings is 1. The zero-order valence-electron chi connectivity index (χ0n) is 14.6. The number of para-hydroxylation sites is 1. The van der Waals surface area contributed by atoms with Crippen LogP contribution in [0.2, 0.25) is 0 Å². The van der Waals surface area contributed by atoms with E-state index in [1.165, 1.54) is 12.1 Å². The number of anilines is 2. The molecule has 2 heterocycles. The average Bonchev–Trinajstić information content (AvgIpc) is 3.20. The molecule has 0 spiro atoms. The number of aromatic nitrogens is 1. The van der Waals surface area contributed by atoms with E-state index in [1.807, 2.05) is 40.6 Å². The minimum absolute atomic E-state index is 0.0769. The van der Waals surface area contributed by atoms with Gasteiger partial charge in [-0.3, -0.25) is 0 Å². The molecule has 27 heavy (non-hydrogen) atoms. The van der Waals surface area contributed by atoms with E-state index in [-0.39, 0.29) is 11.8 Å². The highest BCUT2D eigenvalue weighted by atomic mass is 32.1. The Morgan fingerprint density at radius 3 is 2.41 bits per heavy atom. The minimum Gasteiger partial charge on any atom is -0.345 e. The van der Waals surface area contributed by atoms with Crippen molar-refractivity contribution in [3.63, 3.8) is 0 Å². The maximum absolute atomic E-state index is 13.1. The summed E-state index contributed by atoms with van der Waals surface area (Å²) < 4.78 is 13.1. The highest BCUT2D eigenvalue weighted by molar-refractivity contribution is 7.14. The molecule has 1 aromatic heterocycles. The summed E-state index contributed by atoms with van der Waals surface area (Å²) in [5, 5.41) is 5.83. The van der Waals surface area contributed by atoms with E-state index in [0.717, 1.165) is 35.2 Å². The molecule has 4 rings (SSSR count). The molecule has 1 fully saturated rings. The Labute approximate surface area is 161 Å². The van der Waals surface area contributed by atoms with E-state index < -0.39 is 0 Å². The van der Waals surface area contributed by atoms with Gasteiger partial charge in [-0.25, -0.2) is 14.2 Å². The number of rotatable bonds is 3. The van der Waals surface area contributed by atoms with Gasteiger partial charge in [0.25, 0.3) is 0 Å². The fourth-order valence-electron chi connectivity index (χ4n) is 2.99. The SMILES string of the molecule is O=C(Nc1ccccc1)N1CCN(c2nc(-c3ccc(F)cc3)cs2)CC1. The van der Waals surface area contributed by atoms with Gasteiger partial charge in [0, 0.05) is 42.8 Å². The van der Waals surface area contributed by atoms with Crippen LogP contribution in [-0.2, 0) is 0 Å². The van der Waals surface area contributed by atoms with Gasteiger partial charge in [0.05, 0.1) is 5.69 Å². The molecule has 1 saturated heterocycles. The highest BCUT2D eigenvalue weighted by Crippen LogP contribution is 2.28. The fourth-order valence-corrected chi connectivity index (χ4v) is 3.88. The molecule has 1 aliphatic rings.